The van der Waals surface area contributed by atoms with Gasteiger partial charge in [0.15, 0.2) is 0 Å². The molecular weight excluding hydrogens is 392 g/mol. The monoisotopic (exact) mass is 416 g/mol. The first kappa shape index (κ1) is 20.4. The molecule has 3 nitrogen and oxygen atoms in total. The molecule has 4 heteroatoms. The number of hydrazone groups is 1. The van der Waals surface area contributed by atoms with E-state index in [-0.39, 0.29) is 17.2 Å². The Kier molecular flexibility index (Phi) is 6.01. The average molecular weight is 417 g/mol. The molecule has 0 radical (unpaired) electrons. The highest BCUT2D eigenvalue weighted by Gasteiger charge is 2.60. The Balaban J connectivity index is 1.58. The summed E-state index contributed by atoms with van der Waals surface area (Å²) in [6.07, 6.45) is 2.51. The van der Waals surface area contributed by atoms with Crippen molar-refractivity contribution in [2.75, 3.05) is 0 Å². The predicted octanol–water partition coefficient (Wildman–Crippen LogP) is 5.97. The lowest BCUT2D eigenvalue weighted by molar-refractivity contribution is -0.122. The molecule has 0 aromatic heterocycles. The van der Waals surface area contributed by atoms with Crippen LogP contribution < -0.4 is 5.43 Å². The van der Waals surface area contributed by atoms with E-state index in [1.54, 1.807) is 0 Å². The summed E-state index contributed by atoms with van der Waals surface area (Å²) in [4.78, 5) is 13.1. The molecular formula is C26H25ClN2O. The third-order valence-electron chi connectivity index (χ3n) is 5.82. The zero-order valence-corrected chi connectivity index (χ0v) is 17.8. The Morgan fingerprint density at radius 3 is 2.07 bits per heavy atom. The van der Waals surface area contributed by atoms with Gasteiger partial charge in [0.25, 0.3) is 0 Å². The van der Waals surface area contributed by atoms with Crippen molar-refractivity contribution in [3.05, 3.63) is 107 Å². The van der Waals surface area contributed by atoms with Gasteiger partial charge in [-0.05, 0) is 41.7 Å². The van der Waals surface area contributed by atoms with E-state index >= 15 is 0 Å². The van der Waals surface area contributed by atoms with Crippen LogP contribution in [0.2, 0.25) is 5.02 Å². The minimum atomic E-state index is -0.284. The van der Waals surface area contributed by atoms with E-state index in [2.05, 4.69) is 41.7 Å². The van der Waals surface area contributed by atoms with Gasteiger partial charge in [0, 0.05) is 10.4 Å². The maximum atomic E-state index is 13.1. The maximum absolute atomic E-state index is 13.1. The highest BCUT2D eigenvalue weighted by Crippen LogP contribution is 2.58. The van der Waals surface area contributed by atoms with E-state index < -0.39 is 0 Å². The Morgan fingerprint density at radius 2 is 1.53 bits per heavy atom. The molecule has 30 heavy (non-hydrogen) atoms. The molecule has 0 spiro atoms. The normalized spacial score (nSPS) is 17.4. The van der Waals surface area contributed by atoms with Gasteiger partial charge in [0.1, 0.15) is 0 Å². The zero-order chi connectivity index (χ0) is 21.0. The molecule has 1 amide bonds. The Morgan fingerprint density at radius 1 is 0.967 bits per heavy atom. The first-order chi connectivity index (χ1) is 14.6. The van der Waals surface area contributed by atoms with E-state index in [1.807, 2.05) is 60.7 Å². The summed E-state index contributed by atoms with van der Waals surface area (Å²) in [5.74, 6) is -0.176. The van der Waals surface area contributed by atoms with Crippen LogP contribution in [0.4, 0.5) is 0 Å². The minimum Gasteiger partial charge on any atom is -0.273 e. The molecule has 3 aromatic carbocycles. The number of carbonyl (C=O) groups excluding carboxylic acids is 1. The number of hydrogen-bond acceptors (Lipinski definition) is 2. The van der Waals surface area contributed by atoms with Crippen molar-refractivity contribution in [2.24, 2.45) is 11.0 Å². The molecule has 0 saturated heterocycles. The number of amides is 1. The molecule has 1 aliphatic carbocycles. The summed E-state index contributed by atoms with van der Waals surface area (Å²) in [6.45, 7) is 2.10. The number of halogens is 1. The van der Waals surface area contributed by atoms with Gasteiger partial charge >= 0.3 is 0 Å². The van der Waals surface area contributed by atoms with Gasteiger partial charge in [-0.15, -0.1) is 0 Å². The van der Waals surface area contributed by atoms with E-state index in [4.69, 9.17) is 11.6 Å². The van der Waals surface area contributed by atoms with E-state index in [9.17, 15) is 4.79 Å². The summed E-state index contributed by atoms with van der Waals surface area (Å²) in [5.41, 5.74) is 6.76. The van der Waals surface area contributed by atoms with Crippen LogP contribution in [-0.2, 0) is 10.2 Å². The summed E-state index contributed by atoms with van der Waals surface area (Å²) in [7, 11) is 0. The van der Waals surface area contributed by atoms with E-state index in [0.717, 1.165) is 30.5 Å². The molecule has 0 bridgehead atoms. The molecule has 0 aliphatic heterocycles. The summed E-state index contributed by atoms with van der Waals surface area (Å²) < 4.78 is 0. The van der Waals surface area contributed by atoms with E-state index in [0.29, 0.717) is 5.02 Å². The standard InChI is InChI=1S/C26H25ClN2O/c1-2-9-24(19-14-16-22(27)17-15-19)28-29-25(30)23-18-26(23,20-10-5-3-6-11-20)21-12-7-4-8-13-21/h3-8,10-17,23H,2,9,18H2,1H3,(H,29,30). The highest BCUT2D eigenvalue weighted by atomic mass is 35.5. The number of carbonyl (C=O) groups is 1. The SMILES string of the molecule is CCCC(=NNC(=O)C1CC1(c1ccccc1)c1ccccc1)c1ccc(Cl)cc1. The van der Waals surface area contributed by atoms with Crippen LogP contribution in [0.5, 0.6) is 0 Å². The minimum absolute atomic E-state index is 0.0368. The molecule has 152 valence electrons. The third-order valence-corrected chi connectivity index (χ3v) is 6.07. The van der Waals surface area contributed by atoms with Gasteiger partial charge in [-0.2, -0.15) is 5.10 Å². The van der Waals surface area contributed by atoms with Gasteiger partial charge in [-0.3, -0.25) is 4.79 Å². The lowest BCUT2D eigenvalue weighted by atomic mass is 9.85. The molecule has 1 atom stereocenters. The van der Waals surface area contributed by atoms with Crippen LogP contribution in [0.15, 0.2) is 90.0 Å². The molecule has 1 fully saturated rings. The van der Waals surface area contributed by atoms with Crippen LogP contribution >= 0.6 is 11.6 Å². The van der Waals surface area contributed by atoms with Crippen molar-refractivity contribution in [2.45, 2.75) is 31.6 Å². The highest BCUT2D eigenvalue weighted by molar-refractivity contribution is 6.30. The third kappa shape index (κ3) is 4.03. The number of nitrogens with one attached hydrogen (secondary N) is 1. The molecule has 0 heterocycles. The van der Waals surface area contributed by atoms with Crippen LogP contribution in [0.25, 0.3) is 0 Å². The van der Waals surface area contributed by atoms with Gasteiger partial charge in [-0.1, -0.05) is 97.7 Å². The lowest BCUT2D eigenvalue weighted by Crippen LogP contribution is -2.26. The lowest BCUT2D eigenvalue weighted by Gasteiger charge is -2.18. The van der Waals surface area contributed by atoms with Gasteiger partial charge in [0.05, 0.1) is 11.6 Å². The summed E-state index contributed by atoms with van der Waals surface area (Å²) in [5, 5.41) is 5.19. The zero-order valence-electron chi connectivity index (χ0n) is 17.0. The largest absolute Gasteiger partial charge is 0.273 e. The number of hydrogen-bond donors (Lipinski definition) is 1. The second-order valence-electron chi connectivity index (χ2n) is 7.75. The first-order valence-electron chi connectivity index (χ1n) is 10.4. The van der Waals surface area contributed by atoms with Crippen LogP contribution in [0.3, 0.4) is 0 Å². The second kappa shape index (κ2) is 8.85. The fourth-order valence-electron chi connectivity index (χ4n) is 4.20. The van der Waals surface area contributed by atoms with Crippen molar-refractivity contribution in [3.63, 3.8) is 0 Å². The summed E-state index contributed by atoms with van der Waals surface area (Å²) >= 11 is 6.01. The quantitative estimate of drug-likeness (QED) is 0.374. The number of rotatable bonds is 7. The summed E-state index contributed by atoms with van der Waals surface area (Å²) in [6, 6.07) is 28.2. The van der Waals surface area contributed by atoms with Crippen molar-refractivity contribution in [1.29, 1.82) is 0 Å². The Labute approximate surface area is 182 Å². The number of nitrogens with zero attached hydrogens (tertiary/aromatic N) is 1. The van der Waals surface area contributed by atoms with Gasteiger partial charge < -0.3 is 0 Å². The molecule has 1 N–H and O–H groups in total. The molecule has 1 saturated carbocycles. The second-order valence-corrected chi connectivity index (χ2v) is 8.19. The van der Waals surface area contributed by atoms with Gasteiger partial charge in [0.2, 0.25) is 5.91 Å². The first-order valence-corrected chi connectivity index (χ1v) is 10.8. The van der Waals surface area contributed by atoms with E-state index in [1.165, 1.54) is 11.1 Å². The Bertz CT molecular complexity index is 990. The fourth-order valence-corrected chi connectivity index (χ4v) is 4.33. The van der Waals surface area contributed by atoms with Crippen molar-refractivity contribution < 1.29 is 4.79 Å². The smallest absolute Gasteiger partial charge is 0.244 e. The van der Waals surface area contributed by atoms with Crippen molar-refractivity contribution in [3.8, 4) is 0 Å². The molecule has 1 unspecified atom stereocenters. The van der Waals surface area contributed by atoms with Gasteiger partial charge in [-0.25, -0.2) is 5.43 Å². The fraction of sp³-hybridized carbons (Fsp3) is 0.231. The number of benzene rings is 3. The molecule has 4 rings (SSSR count). The Hall–Kier alpha value is -2.91. The topological polar surface area (TPSA) is 41.5 Å². The maximum Gasteiger partial charge on any atom is 0.244 e. The molecule has 3 aromatic rings. The van der Waals surface area contributed by atoms with Crippen molar-refractivity contribution >= 4 is 23.2 Å². The van der Waals surface area contributed by atoms with Crippen LogP contribution in [0.1, 0.15) is 42.9 Å². The van der Waals surface area contributed by atoms with Crippen LogP contribution in [0, 0.1) is 5.92 Å². The van der Waals surface area contributed by atoms with Crippen LogP contribution in [-0.4, -0.2) is 11.6 Å². The average Bonchev–Trinajstić information content (AvgIpc) is 3.55. The van der Waals surface area contributed by atoms with Crippen molar-refractivity contribution in [1.82, 2.24) is 5.43 Å². The molecule has 1 aliphatic rings. The predicted molar refractivity (Wildman–Crippen MR) is 123 cm³/mol.